The zero-order chi connectivity index (χ0) is 15.5. The van der Waals surface area contributed by atoms with Gasteiger partial charge in [-0.25, -0.2) is 17.9 Å². The van der Waals surface area contributed by atoms with Crippen LogP contribution in [0.4, 0.5) is 10.1 Å². The van der Waals surface area contributed by atoms with Crippen LogP contribution in [0.3, 0.4) is 0 Å². The number of nitriles is 1. The first-order chi connectivity index (χ1) is 9.20. The van der Waals surface area contributed by atoms with Gasteiger partial charge in [0.25, 0.3) is 0 Å². The van der Waals surface area contributed by atoms with Gasteiger partial charge in [-0.3, -0.25) is 10.1 Å². The van der Waals surface area contributed by atoms with Crippen molar-refractivity contribution in [2.45, 2.75) is 24.3 Å². The number of halogens is 1. The molecule has 108 valence electrons. The Morgan fingerprint density at radius 3 is 2.60 bits per heavy atom. The summed E-state index contributed by atoms with van der Waals surface area (Å²) in [7, 11) is -4.45. The smallest absolute Gasteiger partial charge is 0.312 e. The Hall–Kier alpha value is -2.25. The predicted octanol–water partition coefficient (Wildman–Crippen LogP) is 1.06. The van der Waals surface area contributed by atoms with E-state index in [1.54, 1.807) is 13.0 Å². The third kappa shape index (κ3) is 3.40. The molecule has 0 bridgehead atoms. The van der Waals surface area contributed by atoms with Crippen molar-refractivity contribution < 1.29 is 22.5 Å². The van der Waals surface area contributed by atoms with Crippen molar-refractivity contribution >= 4 is 15.7 Å². The maximum atomic E-state index is 13.6. The minimum absolute atomic E-state index is 0.214. The van der Waals surface area contributed by atoms with Crippen molar-refractivity contribution in [3.8, 4) is 11.8 Å². The Kier molecular flexibility index (Phi) is 4.59. The molecule has 1 atom stereocenters. The monoisotopic (exact) mass is 303 g/mol. The molecule has 1 rings (SSSR count). The number of nitrogens with two attached hydrogens (primary N) is 1. The molecule has 0 amide bonds. The maximum absolute atomic E-state index is 13.6. The zero-order valence-electron chi connectivity index (χ0n) is 10.2. The van der Waals surface area contributed by atoms with Crippen LogP contribution in [0.5, 0.6) is 5.75 Å². The van der Waals surface area contributed by atoms with Crippen molar-refractivity contribution in [1.82, 2.24) is 0 Å². The van der Waals surface area contributed by atoms with E-state index in [0.717, 1.165) is 0 Å². The van der Waals surface area contributed by atoms with Gasteiger partial charge in [0.1, 0.15) is 16.8 Å². The number of hydrogen-bond acceptors (Lipinski definition) is 6. The molecule has 0 heterocycles. The molecule has 0 saturated heterocycles. The van der Waals surface area contributed by atoms with Gasteiger partial charge < -0.3 is 4.74 Å². The van der Waals surface area contributed by atoms with Crippen LogP contribution in [0, 0.1) is 27.3 Å². The summed E-state index contributed by atoms with van der Waals surface area (Å²) in [4.78, 5) is 8.89. The highest BCUT2D eigenvalue weighted by Crippen LogP contribution is 2.32. The lowest BCUT2D eigenvalue weighted by atomic mass is 10.2. The lowest BCUT2D eigenvalue weighted by molar-refractivity contribution is -0.386. The summed E-state index contributed by atoms with van der Waals surface area (Å²) >= 11 is 0. The van der Waals surface area contributed by atoms with E-state index in [-0.39, 0.29) is 6.42 Å². The summed E-state index contributed by atoms with van der Waals surface area (Å²) in [5.41, 5.74) is -0.788. The van der Waals surface area contributed by atoms with E-state index >= 15 is 0 Å². The number of nitro groups is 1. The molecule has 1 aromatic rings. The van der Waals surface area contributed by atoms with Crippen LogP contribution in [-0.4, -0.2) is 19.4 Å². The molecule has 0 aliphatic rings. The van der Waals surface area contributed by atoms with Crippen molar-refractivity contribution in [2.24, 2.45) is 5.14 Å². The fraction of sp³-hybridized carbons (Fsp3) is 0.300. The number of benzene rings is 1. The molecule has 0 saturated carbocycles. The Morgan fingerprint density at radius 1 is 1.60 bits per heavy atom. The highest BCUT2D eigenvalue weighted by Gasteiger charge is 2.26. The zero-order valence-corrected chi connectivity index (χ0v) is 11.1. The van der Waals surface area contributed by atoms with E-state index in [1.807, 2.05) is 0 Å². The fourth-order valence-electron chi connectivity index (χ4n) is 1.33. The Morgan fingerprint density at radius 2 is 2.20 bits per heavy atom. The topological polar surface area (TPSA) is 136 Å². The lowest BCUT2D eigenvalue weighted by Crippen LogP contribution is -2.17. The number of ether oxygens (including phenoxy) is 1. The van der Waals surface area contributed by atoms with Crippen LogP contribution < -0.4 is 9.88 Å². The first-order valence-electron chi connectivity index (χ1n) is 5.27. The minimum atomic E-state index is -4.45. The molecule has 10 heteroatoms. The largest absolute Gasteiger partial charge is 0.468 e. The van der Waals surface area contributed by atoms with E-state index in [4.69, 9.17) is 15.1 Å². The van der Waals surface area contributed by atoms with Gasteiger partial charge in [-0.05, 0) is 6.42 Å². The van der Waals surface area contributed by atoms with Crippen molar-refractivity contribution in [2.75, 3.05) is 0 Å². The standard InChI is InChI=1S/C10H10FN3O5S/c1-2-6(5-12)19-9-3-7(11)10(20(13,17)18)4-8(9)14(15)16/h3-4,6H,2H2,1H3,(H2,13,17,18). The highest BCUT2D eigenvalue weighted by atomic mass is 32.2. The summed E-state index contributed by atoms with van der Waals surface area (Å²) < 4.78 is 40.8. The number of hydrogen-bond donors (Lipinski definition) is 1. The molecule has 0 radical (unpaired) electrons. The molecule has 0 aliphatic heterocycles. The number of nitro benzene ring substituents is 1. The van der Waals surface area contributed by atoms with Gasteiger partial charge in [0, 0.05) is 12.1 Å². The first kappa shape index (κ1) is 15.8. The first-order valence-corrected chi connectivity index (χ1v) is 6.82. The fourth-order valence-corrected chi connectivity index (χ4v) is 1.94. The maximum Gasteiger partial charge on any atom is 0.312 e. The molecule has 0 aliphatic carbocycles. The Balaban J connectivity index is 3.44. The van der Waals surface area contributed by atoms with Crippen LogP contribution >= 0.6 is 0 Å². The molecule has 0 aromatic heterocycles. The Labute approximate surface area is 113 Å². The number of sulfonamides is 1. The molecule has 1 aromatic carbocycles. The predicted molar refractivity (Wildman–Crippen MR) is 64.7 cm³/mol. The van der Waals surface area contributed by atoms with Crippen molar-refractivity contribution in [1.29, 1.82) is 5.26 Å². The second-order valence-corrected chi connectivity index (χ2v) is 5.23. The number of primary sulfonamides is 1. The summed E-state index contributed by atoms with van der Waals surface area (Å²) in [5, 5.41) is 24.3. The van der Waals surface area contributed by atoms with E-state index in [0.29, 0.717) is 12.1 Å². The van der Waals surface area contributed by atoms with Crippen LogP contribution in [0.2, 0.25) is 0 Å². The molecule has 2 N–H and O–H groups in total. The average molecular weight is 303 g/mol. The third-order valence-corrected chi connectivity index (χ3v) is 3.23. The average Bonchev–Trinajstić information content (AvgIpc) is 2.33. The van der Waals surface area contributed by atoms with Gasteiger partial charge in [0.05, 0.1) is 4.92 Å². The molecule has 1 unspecified atom stereocenters. The van der Waals surface area contributed by atoms with Crippen LogP contribution in [0.15, 0.2) is 17.0 Å². The van der Waals surface area contributed by atoms with E-state index in [1.165, 1.54) is 0 Å². The lowest BCUT2D eigenvalue weighted by Gasteiger charge is -2.11. The SMILES string of the molecule is CCC(C#N)Oc1cc(F)c(S(N)(=O)=O)cc1[N+](=O)[O-]. The molecule has 0 spiro atoms. The second kappa shape index (κ2) is 5.81. The molecule has 0 fully saturated rings. The Bertz CT molecular complexity index is 683. The summed E-state index contributed by atoms with van der Waals surface area (Å²) in [6.07, 6.45) is -0.805. The van der Waals surface area contributed by atoms with E-state index in [9.17, 15) is 22.9 Å². The van der Waals surface area contributed by atoms with Gasteiger partial charge in [-0.2, -0.15) is 5.26 Å². The molecule has 20 heavy (non-hydrogen) atoms. The van der Waals surface area contributed by atoms with Crippen LogP contribution in [0.25, 0.3) is 0 Å². The normalized spacial score (nSPS) is 12.5. The molecular formula is C10H10FN3O5S. The van der Waals surface area contributed by atoms with Gasteiger partial charge >= 0.3 is 5.69 Å². The summed E-state index contributed by atoms with van der Waals surface area (Å²) in [6, 6.07) is 2.71. The second-order valence-electron chi connectivity index (χ2n) is 3.70. The van der Waals surface area contributed by atoms with Crippen LogP contribution in [-0.2, 0) is 10.0 Å². The van der Waals surface area contributed by atoms with Crippen LogP contribution in [0.1, 0.15) is 13.3 Å². The van der Waals surface area contributed by atoms with E-state index < -0.39 is 43.2 Å². The number of nitrogens with zero attached hydrogens (tertiary/aromatic N) is 2. The van der Waals surface area contributed by atoms with Gasteiger partial charge in [0.15, 0.2) is 6.10 Å². The van der Waals surface area contributed by atoms with Gasteiger partial charge in [-0.1, -0.05) is 6.92 Å². The third-order valence-electron chi connectivity index (χ3n) is 2.30. The quantitative estimate of drug-likeness (QED) is 0.638. The minimum Gasteiger partial charge on any atom is -0.468 e. The summed E-state index contributed by atoms with van der Waals surface area (Å²) in [5.74, 6) is -1.82. The molecular weight excluding hydrogens is 293 g/mol. The van der Waals surface area contributed by atoms with Crippen molar-refractivity contribution in [3.05, 3.63) is 28.1 Å². The highest BCUT2D eigenvalue weighted by molar-refractivity contribution is 7.89. The number of rotatable bonds is 5. The molecule has 8 nitrogen and oxygen atoms in total. The van der Waals surface area contributed by atoms with E-state index in [2.05, 4.69) is 0 Å². The van der Waals surface area contributed by atoms with Gasteiger partial charge in [0.2, 0.25) is 15.8 Å². The van der Waals surface area contributed by atoms with Crippen molar-refractivity contribution in [3.63, 3.8) is 0 Å². The van der Waals surface area contributed by atoms with Gasteiger partial charge in [-0.15, -0.1) is 0 Å². The summed E-state index contributed by atoms with van der Waals surface area (Å²) in [6.45, 7) is 1.59.